The van der Waals surface area contributed by atoms with Crippen LogP contribution >= 0.6 is 34.8 Å². The topological polar surface area (TPSA) is 116 Å². The summed E-state index contributed by atoms with van der Waals surface area (Å²) in [5.41, 5.74) is 1.31. The van der Waals surface area contributed by atoms with Gasteiger partial charge in [0.1, 0.15) is 30.3 Å². The zero-order valence-electron chi connectivity index (χ0n) is 25.8. The molecular weight excluding hydrogens is 669 g/mol. The van der Waals surface area contributed by atoms with Crippen molar-refractivity contribution in [3.8, 4) is 0 Å². The number of fused-ring (bicyclic) bond motifs is 1. The van der Waals surface area contributed by atoms with E-state index in [0.29, 0.717) is 0 Å². The monoisotopic (exact) mass is 701 g/mol. The number of nitrogens with zero attached hydrogens (tertiary/aromatic N) is 2. The van der Waals surface area contributed by atoms with E-state index in [9.17, 15) is 14.4 Å². The number of aliphatic imine (C=N–C) groups is 1. The third-order valence-corrected chi connectivity index (χ3v) is 7.88. The van der Waals surface area contributed by atoms with E-state index in [1.165, 1.54) is 4.90 Å². The Morgan fingerprint density at radius 1 is 0.915 bits per heavy atom. The molecule has 2 aliphatic heterocycles. The first kappa shape index (κ1) is 34.3. The first-order chi connectivity index (χ1) is 22.3. The highest BCUT2D eigenvalue weighted by atomic mass is 35.6. The van der Waals surface area contributed by atoms with Gasteiger partial charge < -0.3 is 18.9 Å². The number of hydrogen-bond acceptors (Lipinski definition) is 8. The molecule has 248 valence electrons. The Bertz CT molecular complexity index is 1540. The highest BCUT2D eigenvalue weighted by molar-refractivity contribution is 6.76. The number of carbonyl (C=O) groups is 3. The Hall–Kier alpha value is -3.99. The second-order valence-electron chi connectivity index (χ2n) is 12.0. The van der Waals surface area contributed by atoms with Crippen LogP contribution in [0, 0.1) is 5.92 Å². The van der Waals surface area contributed by atoms with E-state index in [1.54, 1.807) is 32.9 Å². The molecule has 13 heteroatoms. The van der Waals surface area contributed by atoms with Crippen LogP contribution in [0.3, 0.4) is 0 Å². The largest absolute Gasteiger partial charge is 0.468 e. The van der Waals surface area contributed by atoms with Gasteiger partial charge in [0.15, 0.2) is 12.2 Å². The summed E-state index contributed by atoms with van der Waals surface area (Å²) in [5, 5.41) is 2.69. The van der Waals surface area contributed by atoms with E-state index in [0.717, 1.165) is 16.7 Å². The molecule has 10 nitrogen and oxygen atoms in total. The van der Waals surface area contributed by atoms with Crippen molar-refractivity contribution in [2.75, 3.05) is 6.54 Å². The molecule has 0 aromatic heterocycles. The molecule has 0 radical (unpaired) electrons. The minimum absolute atomic E-state index is 0.0357. The van der Waals surface area contributed by atoms with Gasteiger partial charge in [0, 0.05) is 6.54 Å². The predicted octanol–water partition coefficient (Wildman–Crippen LogP) is 6.97. The molecule has 0 spiro atoms. The number of hydrogen-bond donors (Lipinski definition) is 1. The minimum Gasteiger partial charge on any atom is -0.468 e. The average molecular weight is 703 g/mol. The molecule has 3 aromatic rings. The third-order valence-electron chi connectivity index (χ3n) is 7.39. The standard InChI is InChI=1S/C34H34Cl3N3O7/c1-33(2,3)47-32(43)40-19-24(29(41)45-26(22-15-9-5-10-16-22)23-17-11-6-12-18-23)25-27(46-30(38-25)34(35,36)37)28(40)39-31(42)44-20-21-13-7-4-8-14-21/h4-18,24-28H,19-20H2,1-3H3,(H,39,42)/t24-,25+,27+,28+/m1/s1. The molecule has 47 heavy (non-hydrogen) atoms. The number of amides is 2. The molecule has 2 aliphatic rings. The van der Waals surface area contributed by atoms with Gasteiger partial charge in [0.05, 0.1) is 0 Å². The van der Waals surface area contributed by atoms with E-state index in [-0.39, 0.29) is 19.0 Å². The summed E-state index contributed by atoms with van der Waals surface area (Å²) in [6, 6.07) is 26.5. The van der Waals surface area contributed by atoms with Gasteiger partial charge in [0.2, 0.25) is 5.90 Å². The summed E-state index contributed by atoms with van der Waals surface area (Å²) >= 11 is 18.5. The average Bonchev–Trinajstić information content (AvgIpc) is 3.50. The van der Waals surface area contributed by atoms with E-state index >= 15 is 0 Å². The fourth-order valence-electron chi connectivity index (χ4n) is 5.31. The Morgan fingerprint density at radius 3 is 2.00 bits per heavy atom. The van der Waals surface area contributed by atoms with Crippen molar-refractivity contribution < 1.29 is 33.3 Å². The summed E-state index contributed by atoms with van der Waals surface area (Å²) in [4.78, 5) is 46.6. The first-order valence-electron chi connectivity index (χ1n) is 14.9. The summed E-state index contributed by atoms with van der Waals surface area (Å²) < 4.78 is 21.2. The maximum Gasteiger partial charge on any atom is 0.412 e. The number of piperidine rings is 1. The first-order valence-corrected chi connectivity index (χ1v) is 16.0. The maximum atomic E-state index is 14.2. The van der Waals surface area contributed by atoms with Crippen molar-refractivity contribution in [2.45, 2.75) is 61.2 Å². The van der Waals surface area contributed by atoms with Gasteiger partial charge in [-0.2, -0.15) is 0 Å². The van der Waals surface area contributed by atoms with Crippen LogP contribution in [0.15, 0.2) is 96.0 Å². The zero-order valence-corrected chi connectivity index (χ0v) is 28.1. The quantitative estimate of drug-likeness (QED) is 0.161. The van der Waals surface area contributed by atoms with Crippen LogP contribution in [0.5, 0.6) is 0 Å². The van der Waals surface area contributed by atoms with Gasteiger partial charge in [-0.05, 0) is 37.5 Å². The van der Waals surface area contributed by atoms with Crippen LogP contribution in [0.25, 0.3) is 0 Å². The van der Waals surface area contributed by atoms with Gasteiger partial charge in [0.25, 0.3) is 3.79 Å². The molecule has 3 aromatic carbocycles. The Balaban J connectivity index is 1.47. The highest BCUT2D eigenvalue weighted by Crippen LogP contribution is 2.40. The SMILES string of the molecule is CC(C)(C)OC(=O)N1C[C@@H](C(=O)OC(c2ccccc2)c2ccccc2)[C@@H]2N=C(C(Cl)(Cl)Cl)O[C@@H]2[C@H]1NC(=O)OCc1ccccc1. The number of alkyl carbamates (subject to hydrolysis) is 1. The number of esters is 1. The Kier molecular flexibility index (Phi) is 10.5. The number of carbonyl (C=O) groups excluding carboxylic acids is 3. The normalized spacial score (nSPS) is 20.8. The summed E-state index contributed by atoms with van der Waals surface area (Å²) in [6.45, 7) is 4.78. The molecule has 2 heterocycles. The molecule has 1 N–H and O–H groups in total. The van der Waals surface area contributed by atoms with Crippen molar-refractivity contribution in [2.24, 2.45) is 10.9 Å². The van der Waals surface area contributed by atoms with Gasteiger partial charge in [-0.15, -0.1) is 0 Å². The second-order valence-corrected chi connectivity index (χ2v) is 14.3. The number of nitrogens with one attached hydrogen (secondary N) is 1. The summed E-state index contributed by atoms with van der Waals surface area (Å²) in [6.07, 6.45) is -4.85. The molecule has 0 saturated carbocycles. The number of rotatable bonds is 7. The fourth-order valence-corrected chi connectivity index (χ4v) is 5.59. The lowest BCUT2D eigenvalue weighted by Gasteiger charge is -2.44. The molecule has 1 fully saturated rings. The molecule has 4 atom stereocenters. The van der Waals surface area contributed by atoms with Crippen molar-refractivity contribution >= 4 is 58.9 Å². The van der Waals surface area contributed by atoms with E-state index in [4.69, 9.17) is 53.8 Å². The molecule has 2 amide bonds. The zero-order chi connectivity index (χ0) is 33.8. The van der Waals surface area contributed by atoms with E-state index < -0.39 is 57.9 Å². The van der Waals surface area contributed by atoms with Crippen molar-refractivity contribution in [1.82, 2.24) is 10.2 Å². The van der Waals surface area contributed by atoms with Crippen molar-refractivity contribution in [3.63, 3.8) is 0 Å². The minimum atomic E-state index is -2.10. The van der Waals surface area contributed by atoms with E-state index in [2.05, 4.69) is 10.3 Å². The smallest absolute Gasteiger partial charge is 0.412 e. The lowest BCUT2D eigenvalue weighted by Crippen LogP contribution is -2.67. The second kappa shape index (κ2) is 14.4. The number of ether oxygens (including phenoxy) is 4. The van der Waals surface area contributed by atoms with Crippen LogP contribution in [0.4, 0.5) is 9.59 Å². The molecular formula is C34H34Cl3N3O7. The molecule has 0 unspecified atom stereocenters. The highest BCUT2D eigenvalue weighted by Gasteiger charge is 2.57. The predicted molar refractivity (Wildman–Crippen MR) is 177 cm³/mol. The molecule has 0 aliphatic carbocycles. The Labute approximate surface area is 287 Å². The van der Waals surface area contributed by atoms with Gasteiger partial charge in [-0.3, -0.25) is 15.0 Å². The van der Waals surface area contributed by atoms with Crippen LogP contribution in [0.1, 0.15) is 43.6 Å². The number of likely N-dealkylation sites (tertiary alicyclic amines) is 1. The molecule has 1 saturated heterocycles. The van der Waals surface area contributed by atoms with Crippen molar-refractivity contribution in [1.29, 1.82) is 0 Å². The van der Waals surface area contributed by atoms with Crippen LogP contribution in [-0.2, 0) is 30.3 Å². The van der Waals surface area contributed by atoms with Gasteiger partial charge in [-0.25, -0.2) is 14.6 Å². The fraction of sp³-hybridized carbons (Fsp3) is 0.353. The lowest BCUT2D eigenvalue weighted by atomic mass is 9.88. The van der Waals surface area contributed by atoms with Crippen molar-refractivity contribution in [3.05, 3.63) is 108 Å². The van der Waals surface area contributed by atoms with Gasteiger partial charge >= 0.3 is 18.2 Å². The Morgan fingerprint density at radius 2 is 1.47 bits per heavy atom. The van der Waals surface area contributed by atoms with Crippen LogP contribution in [-0.4, -0.2) is 63.2 Å². The lowest BCUT2D eigenvalue weighted by molar-refractivity contribution is -0.158. The summed E-state index contributed by atoms with van der Waals surface area (Å²) in [7, 11) is 0. The summed E-state index contributed by atoms with van der Waals surface area (Å²) in [5.74, 6) is -2.09. The number of halogens is 3. The van der Waals surface area contributed by atoms with Gasteiger partial charge in [-0.1, -0.05) is 126 Å². The molecule has 0 bridgehead atoms. The molecule has 5 rings (SSSR count). The van der Waals surface area contributed by atoms with Crippen LogP contribution in [0.2, 0.25) is 0 Å². The number of benzene rings is 3. The van der Waals surface area contributed by atoms with Crippen LogP contribution < -0.4 is 5.32 Å². The third kappa shape index (κ3) is 8.68. The van der Waals surface area contributed by atoms with E-state index in [1.807, 2.05) is 78.9 Å². The number of alkyl halides is 3. The maximum absolute atomic E-state index is 14.2.